The summed E-state index contributed by atoms with van der Waals surface area (Å²) in [6, 6.07) is 13.7. The van der Waals surface area contributed by atoms with Gasteiger partial charge in [-0.1, -0.05) is 18.2 Å². The Hall–Kier alpha value is -3.76. The summed E-state index contributed by atoms with van der Waals surface area (Å²) in [5.41, 5.74) is 2.41. The number of carbonyl (C=O) groups excluding carboxylic acids is 2. The van der Waals surface area contributed by atoms with Crippen molar-refractivity contribution in [1.29, 1.82) is 0 Å². The number of aromatic nitrogens is 1. The number of amides is 2. The third kappa shape index (κ3) is 5.89. The highest BCUT2D eigenvalue weighted by Gasteiger charge is 2.26. The lowest BCUT2D eigenvalue weighted by Gasteiger charge is -2.15. The Bertz CT molecular complexity index is 1200. The van der Waals surface area contributed by atoms with Crippen molar-refractivity contribution in [2.24, 2.45) is 0 Å². The first-order valence-corrected chi connectivity index (χ1v) is 12.3. The van der Waals surface area contributed by atoms with Gasteiger partial charge in [-0.25, -0.2) is 4.79 Å². The second-order valence-electron chi connectivity index (χ2n) is 8.02. The van der Waals surface area contributed by atoms with Crippen molar-refractivity contribution in [2.45, 2.75) is 11.4 Å². The highest BCUT2D eigenvalue weighted by molar-refractivity contribution is 7.99. The van der Waals surface area contributed by atoms with Crippen LogP contribution in [0, 0.1) is 0 Å². The lowest BCUT2D eigenvalue weighted by atomic mass is 10.0. The van der Waals surface area contributed by atoms with Crippen molar-refractivity contribution in [1.82, 2.24) is 15.6 Å². The lowest BCUT2D eigenvalue weighted by Crippen LogP contribution is -2.41. The molecule has 0 bridgehead atoms. The van der Waals surface area contributed by atoms with E-state index in [0.717, 1.165) is 11.3 Å². The van der Waals surface area contributed by atoms with E-state index in [9.17, 15) is 9.59 Å². The molecule has 2 atom stereocenters. The molecule has 1 aromatic heterocycles. The summed E-state index contributed by atoms with van der Waals surface area (Å²) in [6.07, 6.45) is 3.60. The molecule has 0 spiro atoms. The lowest BCUT2D eigenvalue weighted by molar-refractivity contribution is 0.103. The fraction of sp³-hybridized carbons (Fsp3) is 0.269. The van der Waals surface area contributed by atoms with Gasteiger partial charge in [0, 0.05) is 47.5 Å². The van der Waals surface area contributed by atoms with Gasteiger partial charge in [0.25, 0.3) is 0 Å². The molecule has 2 unspecified atom stereocenters. The average molecular weight is 509 g/mol. The standard InChI is InChI=1S/C26H28N4O5S/c1-33-21-11-18(12-22(34-2)24(21)35-3)23(31)16-6-4-8-19(10-16)30-26(32)28-14-20-15-36-25(29-20)17-7-5-9-27-13-17/h4-13,20,25,29H,14-15H2,1-3H3,(H2,28,30,32). The minimum Gasteiger partial charge on any atom is -0.493 e. The number of nitrogens with zero attached hydrogens (tertiary/aromatic N) is 1. The molecular weight excluding hydrogens is 480 g/mol. The van der Waals surface area contributed by atoms with Gasteiger partial charge < -0.3 is 24.8 Å². The number of pyridine rings is 1. The van der Waals surface area contributed by atoms with Crippen LogP contribution in [0.4, 0.5) is 10.5 Å². The first kappa shape index (κ1) is 25.3. The van der Waals surface area contributed by atoms with Crippen LogP contribution in [0.3, 0.4) is 0 Å². The maximum Gasteiger partial charge on any atom is 0.319 e. The van der Waals surface area contributed by atoms with Crippen molar-refractivity contribution in [3.8, 4) is 17.2 Å². The molecule has 1 saturated heterocycles. The summed E-state index contributed by atoms with van der Waals surface area (Å²) < 4.78 is 16.0. The molecule has 0 aliphatic carbocycles. The fourth-order valence-corrected chi connectivity index (χ4v) is 5.13. The Labute approximate surface area is 213 Å². The van der Waals surface area contributed by atoms with Crippen molar-refractivity contribution < 1.29 is 23.8 Å². The molecule has 188 valence electrons. The molecule has 0 radical (unpaired) electrons. The Morgan fingerprint density at radius 2 is 1.81 bits per heavy atom. The number of methoxy groups -OCH3 is 3. The van der Waals surface area contributed by atoms with E-state index in [1.807, 2.05) is 18.3 Å². The molecule has 0 saturated carbocycles. The topological polar surface area (TPSA) is 111 Å². The normalized spacial score (nSPS) is 16.8. The molecule has 4 rings (SSSR count). The van der Waals surface area contributed by atoms with Crippen LogP contribution in [-0.4, -0.2) is 56.5 Å². The molecule has 2 heterocycles. The van der Waals surface area contributed by atoms with Crippen LogP contribution >= 0.6 is 11.8 Å². The van der Waals surface area contributed by atoms with Gasteiger partial charge in [0.15, 0.2) is 17.3 Å². The van der Waals surface area contributed by atoms with Crippen LogP contribution in [0.5, 0.6) is 17.2 Å². The number of anilines is 1. The van der Waals surface area contributed by atoms with Gasteiger partial charge in [-0.3, -0.25) is 15.1 Å². The number of rotatable bonds is 9. The van der Waals surface area contributed by atoms with Gasteiger partial charge in [0.05, 0.1) is 26.7 Å². The summed E-state index contributed by atoms with van der Waals surface area (Å²) in [5, 5.41) is 9.36. The van der Waals surface area contributed by atoms with Gasteiger partial charge in [-0.15, -0.1) is 11.8 Å². The number of ether oxygens (including phenoxy) is 3. The molecule has 2 amide bonds. The molecule has 1 aliphatic rings. The van der Waals surface area contributed by atoms with Crippen molar-refractivity contribution in [3.05, 3.63) is 77.6 Å². The average Bonchev–Trinajstić information content (AvgIpc) is 3.40. The summed E-state index contributed by atoms with van der Waals surface area (Å²) >= 11 is 1.78. The monoisotopic (exact) mass is 508 g/mol. The highest BCUT2D eigenvalue weighted by atomic mass is 32.2. The smallest absolute Gasteiger partial charge is 0.319 e. The number of hydrogen-bond donors (Lipinski definition) is 3. The SMILES string of the molecule is COc1cc(C(=O)c2cccc(NC(=O)NCC3CSC(c4cccnc4)N3)c2)cc(OC)c1OC. The molecule has 1 aliphatic heterocycles. The first-order valence-electron chi connectivity index (χ1n) is 11.3. The van der Waals surface area contributed by atoms with E-state index in [4.69, 9.17) is 14.2 Å². The van der Waals surface area contributed by atoms with E-state index in [1.165, 1.54) is 21.3 Å². The van der Waals surface area contributed by atoms with Gasteiger partial charge in [-0.05, 0) is 35.9 Å². The first-order chi connectivity index (χ1) is 17.5. The number of benzene rings is 2. The number of urea groups is 1. The number of ketones is 1. The Morgan fingerprint density at radius 3 is 2.47 bits per heavy atom. The molecular formula is C26H28N4O5S. The van der Waals surface area contributed by atoms with Crippen molar-refractivity contribution in [2.75, 3.05) is 38.9 Å². The molecule has 3 N–H and O–H groups in total. The van der Waals surface area contributed by atoms with Crippen LogP contribution < -0.4 is 30.2 Å². The Morgan fingerprint density at radius 1 is 1.03 bits per heavy atom. The summed E-state index contributed by atoms with van der Waals surface area (Å²) in [5.74, 6) is 1.81. The Kier molecular flexibility index (Phi) is 8.29. The van der Waals surface area contributed by atoms with E-state index in [-0.39, 0.29) is 23.2 Å². The molecule has 9 nitrogen and oxygen atoms in total. The zero-order chi connectivity index (χ0) is 25.5. The molecule has 3 aromatic rings. The highest BCUT2D eigenvalue weighted by Crippen LogP contribution is 2.38. The minimum absolute atomic E-state index is 0.138. The van der Waals surface area contributed by atoms with Crippen molar-refractivity contribution in [3.63, 3.8) is 0 Å². The largest absolute Gasteiger partial charge is 0.493 e. The van der Waals surface area contributed by atoms with E-state index in [0.29, 0.717) is 40.6 Å². The molecule has 36 heavy (non-hydrogen) atoms. The number of hydrogen-bond acceptors (Lipinski definition) is 8. The third-order valence-corrected chi connectivity index (χ3v) is 6.99. The quantitative estimate of drug-likeness (QED) is 0.374. The second kappa shape index (κ2) is 11.8. The van der Waals surface area contributed by atoms with Crippen LogP contribution in [-0.2, 0) is 0 Å². The number of thioether (sulfide) groups is 1. The molecule has 10 heteroatoms. The fourth-order valence-electron chi connectivity index (χ4n) is 3.87. The number of nitrogens with one attached hydrogen (secondary N) is 3. The maximum absolute atomic E-state index is 13.2. The van der Waals surface area contributed by atoms with E-state index >= 15 is 0 Å². The van der Waals surface area contributed by atoms with Crippen molar-refractivity contribution >= 4 is 29.3 Å². The second-order valence-corrected chi connectivity index (χ2v) is 9.16. The molecule has 2 aromatic carbocycles. The zero-order valence-electron chi connectivity index (χ0n) is 20.2. The summed E-state index contributed by atoms with van der Waals surface area (Å²) in [4.78, 5) is 29.8. The minimum atomic E-state index is -0.344. The van der Waals surface area contributed by atoms with Gasteiger partial charge >= 0.3 is 6.03 Å². The van der Waals surface area contributed by atoms with Crippen LogP contribution in [0.1, 0.15) is 26.9 Å². The van der Waals surface area contributed by atoms with Gasteiger partial charge in [0.2, 0.25) is 5.75 Å². The van der Waals surface area contributed by atoms with E-state index in [1.54, 1.807) is 54.4 Å². The Balaban J connectivity index is 1.36. The predicted molar refractivity (Wildman–Crippen MR) is 139 cm³/mol. The van der Waals surface area contributed by atoms with Gasteiger partial charge in [0.1, 0.15) is 0 Å². The maximum atomic E-state index is 13.2. The molecule has 1 fully saturated rings. The number of carbonyl (C=O) groups is 2. The predicted octanol–water partition coefficient (Wildman–Crippen LogP) is 3.86. The van der Waals surface area contributed by atoms with Gasteiger partial charge in [-0.2, -0.15) is 0 Å². The van der Waals surface area contributed by atoms with Crippen LogP contribution in [0.25, 0.3) is 0 Å². The van der Waals surface area contributed by atoms with Crippen LogP contribution in [0.15, 0.2) is 60.9 Å². The van der Waals surface area contributed by atoms with E-state index < -0.39 is 0 Å². The summed E-state index contributed by atoms with van der Waals surface area (Å²) in [6.45, 7) is 0.472. The summed E-state index contributed by atoms with van der Waals surface area (Å²) in [7, 11) is 4.49. The van der Waals surface area contributed by atoms with E-state index in [2.05, 4.69) is 20.9 Å². The van der Waals surface area contributed by atoms with Crippen LogP contribution in [0.2, 0.25) is 0 Å². The zero-order valence-corrected chi connectivity index (χ0v) is 21.1. The third-order valence-electron chi connectivity index (χ3n) is 5.66.